The molecule has 0 unspecified atom stereocenters. The van der Waals surface area contributed by atoms with Gasteiger partial charge in [0.15, 0.2) is 0 Å². The second-order valence-electron chi connectivity index (χ2n) is 2.68. The van der Waals surface area contributed by atoms with Crippen LogP contribution in [0.3, 0.4) is 0 Å². The van der Waals surface area contributed by atoms with Crippen LogP contribution in [0.25, 0.3) is 0 Å². The molecule has 1 aromatic rings. The molecule has 0 bridgehead atoms. The Balaban J connectivity index is 2.19. The third-order valence-electron chi connectivity index (χ3n) is 1.63. The van der Waals surface area contributed by atoms with Gasteiger partial charge < -0.3 is 10.6 Å². The Labute approximate surface area is 76.9 Å². The number of nitrogens with zero attached hydrogens (tertiary/aromatic N) is 1. The van der Waals surface area contributed by atoms with Gasteiger partial charge in [-0.25, -0.2) is 0 Å². The average molecular weight is 182 g/mol. The maximum Gasteiger partial charge on any atom is 0.269 e. The Bertz CT molecular complexity index is 245. The van der Waals surface area contributed by atoms with Crippen LogP contribution in [0.1, 0.15) is 16.9 Å². The minimum absolute atomic E-state index is 0.103. The highest BCUT2D eigenvalue weighted by Gasteiger charge is 2.03. The number of hydrogen-bond donors (Lipinski definition) is 3. The van der Waals surface area contributed by atoms with E-state index in [4.69, 9.17) is 0 Å². The van der Waals surface area contributed by atoms with Crippen molar-refractivity contribution < 1.29 is 4.79 Å². The van der Waals surface area contributed by atoms with E-state index in [1.54, 1.807) is 12.3 Å². The molecular weight excluding hydrogens is 168 g/mol. The fourth-order valence-corrected chi connectivity index (χ4v) is 0.945. The van der Waals surface area contributed by atoms with Gasteiger partial charge in [-0.3, -0.25) is 9.89 Å². The smallest absolute Gasteiger partial charge is 0.269 e. The summed E-state index contributed by atoms with van der Waals surface area (Å²) in [6.07, 6.45) is 2.49. The number of aromatic amines is 1. The largest absolute Gasteiger partial charge is 0.351 e. The first kappa shape index (κ1) is 9.73. The van der Waals surface area contributed by atoms with Crippen molar-refractivity contribution in [1.82, 2.24) is 20.8 Å². The summed E-state index contributed by atoms with van der Waals surface area (Å²) in [7, 11) is 1.89. The molecule has 5 heteroatoms. The Kier molecular flexibility index (Phi) is 3.98. The standard InChI is InChI=1S/C8H14N4O/c1-9-4-2-5-10-8(13)7-3-6-11-12-7/h3,6,9H,2,4-5H2,1H3,(H,10,13)(H,11,12). The molecule has 0 saturated heterocycles. The second-order valence-corrected chi connectivity index (χ2v) is 2.68. The van der Waals surface area contributed by atoms with Crippen LogP contribution in [0.15, 0.2) is 12.3 Å². The van der Waals surface area contributed by atoms with Gasteiger partial charge in [-0.05, 0) is 26.1 Å². The minimum Gasteiger partial charge on any atom is -0.351 e. The highest BCUT2D eigenvalue weighted by Crippen LogP contribution is 1.90. The first-order valence-electron chi connectivity index (χ1n) is 4.27. The molecule has 1 rings (SSSR count). The first-order valence-corrected chi connectivity index (χ1v) is 4.27. The van der Waals surface area contributed by atoms with Gasteiger partial charge in [0.05, 0.1) is 0 Å². The number of hydrogen-bond acceptors (Lipinski definition) is 3. The molecule has 72 valence electrons. The van der Waals surface area contributed by atoms with Crippen LogP contribution in [0.2, 0.25) is 0 Å². The van der Waals surface area contributed by atoms with Crippen molar-refractivity contribution in [3.8, 4) is 0 Å². The normalized spacial score (nSPS) is 9.92. The fraction of sp³-hybridized carbons (Fsp3) is 0.500. The lowest BCUT2D eigenvalue weighted by molar-refractivity contribution is 0.0948. The highest BCUT2D eigenvalue weighted by atomic mass is 16.1. The molecule has 0 saturated carbocycles. The van der Waals surface area contributed by atoms with Crippen LogP contribution in [-0.2, 0) is 0 Å². The minimum atomic E-state index is -0.103. The van der Waals surface area contributed by atoms with E-state index in [9.17, 15) is 4.79 Å². The third kappa shape index (κ3) is 3.25. The lowest BCUT2D eigenvalue weighted by Gasteiger charge is -2.02. The summed E-state index contributed by atoms with van der Waals surface area (Å²) in [6, 6.07) is 1.65. The van der Waals surface area contributed by atoms with Gasteiger partial charge >= 0.3 is 0 Å². The average Bonchev–Trinajstić information content (AvgIpc) is 2.65. The summed E-state index contributed by atoms with van der Waals surface area (Å²) in [5.74, 6) is -0.103. The lowest BCUT2D eigenvalue weighted by Crippen LogP contribution is -2.26. The maximum atomic E-state index is 11.3. The number of aromatic nitrogens is 2. The van der Waals surface area contributed by atoms with E-state index < -0.39 is 0 Å². The summed E-state index contributed by atoms with van der Waals surface area (Å²) < 4.78 is 0. The number of rotatable bonds is 5. The van der Waals surface area contributed by atoms with Gasteiger partial charge in [-0.1, -0.05) is 0 Å². The van der Waals surface area contributed by atoms with E-state index >= 15 is 0 Å². The highest BCUT2D eigenvalue weighted by molar-refractivity contribution is 5.91. The zero-order chi connectivity index (χ0) is 9.52. The van der Waals surface area contributed by atoms with Crippen molar-refractivity contribution in [2.75, 3.05) is 20.1 Å². The van der Waals surface area contributed by atoms with Crippen molar-refractivity contribution in [2.24, 2.45) is 0 Å². The fourth-order valence-electron chi connectivity index (χ4n) is 0.945. The number of amides is 1. The van der Waals surface area contributed by atoms with Gasteiger partial charge in [0, 0.05) is 12.7 Å². The van der Waals surface area contributed by atoms with Gasteiger partial charge in [-0.2, -0.15) is 5.10 Å². The molecule has 0 aliphatic rings. The quantitative estimate of drug-likeness (QED) is 0.550. The molecule has 5 nitrogen and oxygen atoms in total. The van der Waals surface area contributed by atoms with Crippen LogP contribution in [0.4, 0.5) is 0 Å². The number of carbonyl (C=O) groups is 1. The van der Waals surface area contributed by atoms with Crippen molar-refractivity contribution in [1.29, 1.82) is 0 Å². The predicted molar refractivity (Wildman–Crippen MR) is 49.5 cm³/mol. The molecule has 0 atom stereocenters. The number of nitrogens with one attached hydrogen (secondary N) is 3. The van der Waals surface area contributed by atoms with Crippen molar-refractivity contribution >= 4 is 5.91 Å². The second kappa shape index (κ2) is 5.31. The molecule has 0 aliphatic heterocycles. The summed E-state index contributed by atoms with van der Waals surface area (Å²) in [5, 5.41) is 12.1. The van der Waals surface area contributed by atoms with E-state index in [2.05, 4.69) is 20.8 Å². The van der Waals surface area contributed by atoms with E-state index in [0.29, 0.717) is 12.2 Å². The van der Waals surface area contributed by atoms with Crippen LogP contribution < -0.4 is 10.6 Å². The lowest BCUT2D eigenvalue weighted by atomic mass is 10.3. The molecule has 3 N–H and O–H groups in total. The molecule has 0 aromatic carbocycles. The summed E-state index contributed by atoms with van der Waals surface area (Å²) >= 11 is 0. The topological polar surface area (TPSA) is 69.8 Å². The number of H-pyrrole nitrogens is 1. The Morgan fingerprint density at radius 3 is 3.08 bits per heavy atom. The molecule has 1 heterocycles. The van der Waals surface area contributed by atoms with E-state index in [0.717, 1.165) is 13.0 Å². The monoisotopic (exact) mass is 182 g/mol. The van der Waals surface area contributed by atoms with Gasteiger partial charge in [0.25, 0.3) is 5.91 Å². The third-order valence-corrected chi connectivity index (χ3v) is 1.63. The Morgan fingerprint density at radius 1 is 1.62 bits per heavy atom. The SMILES string of the molecule is CNCCCNC(=O)c1ccn[nH]1. The Morgan fingerprint density at radius 2 is 2.46 bits per heavy atom. The van der Waals surface area contributed by atoms with Gasteiger partial charge in [-0.15, -0.1) is 0 Å². The zero-order valence-corrected chi connectivity index (χ0v) is 7.63. The summed E-state index contributed by atoms with van der Waals surface area (Å²) in [5.41, 5.74) is 0.504. The van der Waals surface area contributed by atoms with E-state index in [1.807, 2.05) is 7.05 Å². The molecule has 0 spiro atoms. The van der Waals surface area contributed by atoms with Crippen molar-refractivity contribution in [3.05, 3.63) is 18.0 Å². The Hall–Kier alpha value is -1.36. The van der Waals surface area contributed by atoms with Gasteiger partial charge in [0.1, 0.15) is 5.69 Å². The van der Waals surface area contributed by atoms with Crippen LogP contribution in [-0.4, -0.2) is 36.2 Å². The van der Waals surface area contributed by atoms with Crippen LogP contribution >= 0.6 is 0 Å². The van der Waals surface area contributed by atoms with E-state index in [-0.39, 0.29) is 5.91 Å². The molecule has 1 amide bonds. The molecule has 0 fully saturated rings. The molecular formula is C8H14N4O. The van der Waals surface area contributed by atoms with Gasteiger partial charge in [0.2, 0.25) is 0 Å². The summed E-state index contributed by atoms with van der Waals surface area (Å²) in [6.45, 7) is 1.59. The first-order chi connectivity index (χ1) is 6.34. The molecule has 0 aliphatic carbocycles. The predicted octanol–water partition coefficient (Wildman–Crippen LogP) is -0.251. The van der Waals surface area contributed by atoms with Crippen molar-refractivity contribution in [2.45, 2.75) is 6.42 Å². The number of carbonyl (C=O) groups excluding carboxylic acids is 1. The zero-order valence-electron chi connectivity index (χ0n) is 7.63. The van der Waals surface area contributed by atoms with Crippen LogP contribution in [0, 0.1) is 0 Å². The molecule has 0 radical (unpaired) electrons. The van der Waals surface area contributed by atoms with E-state index in [1.165, 1.54) is 0 Å². The maximum absolute atomic E-state index is 11.3. The summed E-state index contributed by atoms with van der Waals surface area (Å²) in [4.78, 5) is 11.3. The van der Waals surface area contributed by atoms with Crippen molar-refractivity contribution in [3.63, 3.8) is 0 Å². The van der Waals surface area contributed by atoms with Crippen LogP contribution in [0.5, 0.6) is 0 Å². The molecule has 1 aromatic heterocycles. The molecule has 13 heavy (non-hydrogen) atoms.